The van der Waals surface area contributed by atoms with Gasteiger partial charge in [0.15, 0.2) is 5.78 Å². The summed E-state index contributed by atoms with van der Waals surface area (Å²) in [5, 5.41) is 0.640. The Morgan fingerprint density at radius 3 is 2.48 bits per heavy atom. The summed E-state index contributed by atoms with van der Waals surface area (Å²) in [6.07, 6.45) is 3.29. The predicted molar refractivity (Wildman–Crippen MR) is 102 cm³/mol. The Labute approximate surface area is 152 Å². The molecule has 0 radical (unpaired) electrons. The van der Waals surface area contributed by atoms with E-state index in [9.17, 15) is 4.79 Å². The van der Waals surface area contributed by atoms with E-state index in [0.717, 1.165) is 11.1 Å². The van der Waals surface area contributed by atoms with Crippen LogP contribution in [0.5, 0.6) is 5.75 Å². The minimum absolute atomic E-state index is 0.108. The van der Waals surface area contributed by atoms with Crippen molar-refractivity contribution < 1.29 is 9.53 Å². The van der Waals surface area contributed by atoms with Gasteiger partial charge >= 0.3 is 0 Å². The SMILES string of the molecule is O=C(C=Cc1cccc(Cl)c1)c1ccccc1OCc1ccccc1. The van der Waals surface area contributed by atoms with Crippen LogP contribution in [0, 0.1) is 0 Å². The van der Waals surface area contributed by atoms with Gasteiger partial charge in [0.2, 0.25) is 0 Å². The lowest BCUT2D eigenvalue weighted by Gasteiger charge is -2.09. The van der Waals surface area contributed by atoms with E-state index in [4.69, 9.17) is 16.3 Å². The van der Waals surface area contributed by atoms with Gasteiger partial charge in [0.1, 0.15) is 12.4 Å². The number of ether oxygens (including phenoxy) is 1. The smallest absolute Gasteiger partial charge is 0.189 e. The third-order valence-electron chi connectivity index (χ3n) is 3.67. The van der Waals surface area contributed by atoms with Crippen molar-refractivity contribution in [2.24, 2.45) is 0 Å². The highest BCUT2D eigenvalue weighted by molar-refractivity contribution is 6.30. The van der Waals surface area contributed by atoms with Gasteiger partial charge in [-0.25, -0.2) is 0 Å². The Hall–Kier alpha value is -2.84. The monoisotopic (exact) mass is 348 g/mol. The zero-order valence-electron chi connectivity index (χ0n) is 13.6. The van der Waals surface area contributed by atoms with Crippen molar-refractivity contribution in [3.05, 3.63) is 107 Å². The summed E-state index contributed by atoms with van der Waals surface area (Å²) in [6.45, 7) is 0.420. The number of para-hydroxylation sites is 1. The standard InChI is InChI=1S/C22H17ClO2/c23-19-10-6-9-17(15-19)13-14-21(24)20-11-4-5-12-22(20)25-16-18-7-2-1-3-8-18/h1-15H,16H2. The van der Waals surface area contributed by atoms with Crippen LogP contribution in [0.15, 0.2) is 84.9 Å². The quantitative estimate of drug-likeness (QED) is 0.414. The first-order chi connectivity index (χ1) is 12.2. The Morgan fingerprint density at radius 2 is 1.68 bits per heavy atom. The number of carbonyl (C=O) groups is 1. The van der Waals surface area contributed by atoms with Gasteiger partial charge in [0.05, 0.1) is 5.56 Å². The van der Waals surface area contributed by atoms with Crippen molar-refractivity contribution in [3.63, 3.8) is 0 Å². The molecule has 0 fully saturated rings. The molecule has 0 unspecified atom stereocenters. The molecule has 3 aromatic rings. The van der Waals surface area contributed by atoms with Gasteiger partial charge in [0.25, 0.3) is 0 Å². The second-order valence-electron chi connectivity index (χ2n) is 5.52. The summed E-state index contributed by atoms with van der Waals surface area (Å²) in [4.78, 5) is 12.5. The van der Waals surface area contributed by atoms with Gasteiger partial charge < -0.3 is 4.74 Å². The van der Waals surface area contributed by atoms with Crippen LogP contribution in [0.2, 0.25) is 5.02 Å². The Bertz CT molecular complexity index is 885. The van der Waals surface area contributed by atoms with E-state index in [0.29, 0.717) is 22.9 Å². The fourth-order valence-electron chi connectivity index (χ4n) is 2.40. The summed E-state index contributed by atoms with van der Waals surface area (Å²) in [5.41, 5.74) is 2.47. The van der Waals surface area contributed by atoms with Crippen LogP contribution in [0.3, 0.4) is 0 Å². The first-order valence-electron chi connectivity index (χ1n) is 7.96. The van der Waals surface area contributed by atoms with E-state index in [-0.39, 0.29) is 5.78 Å². The largest absolute Gasteiger partial charge is 0.488 e. The highest BCUT2D eigenvalue weighted by Gasteiger charge is 2.09. The lowest BCUT2D eigenvalue weighted by molar-refractivity contribution is 0.104. The molecule has 3 rings (SSSR count). The lowest BCUT2D eigenvalue weighted by atomic mass is 10.1. The molecule has 0 N–H and O–H groups in total. The zero-order valence-corrected chi connectivity index (χ0v) is 14.3. The van der Waals surface area contributed by atoms with E-state index < -0.39 is 0 Å². The van der Waals surface area contributed by atoms with Crippen LogP contribution in [0.25, 0.3) is 6.08 Å². The fourth-order valence-corrected chi connectivity index (χ4v) is 2.60. The molecule has 0 atom stereocenters. The highest BCUT2D eigenvalue weighted by atomic mass is 35.5. The summed E-state index contributed by atoms with van der Waals surface area (Å²) in [6, 6.07) is 24.5. The Morgan fingerprint density at radius 1 is 0.920 bits per heavy atom. The number of benzene rings is 3. The van der Waals surface area contributed by atoms with Gasteiger partial charge in [-0.15, -0.1) is 0 Å². The van der Waals surface area contributed by atoms with Gasteiger partial charge in [-0.05, 0) is 41.5 Å². The molecule has 124 valence electrons. The van der Waals surface area contributed by atoms with Crippen molar-refractivity contribution in [1.29, 1.82) is 0 Å². The maximum atomic E-state index is 12.5. The van der Waals surface area contributed by atoms with Gasteiger partial charge in [0, 0.05) is 5.02 Å². The average molecular weight is 349 g/mol. The van der Waals surface area contributed by atoms with Crippen LogP contribution < -0.4 is 4.74 Å². The molecule has 0 spiro atoms. The molecule has 3 aromatic carbocycles. The molecule has 0 saturated carbocycles. The number of halogens is 1. The van der Waals surface area contributed by atoms with E-state index in [1.165, 1.54) is 6.08 Å². The summed E-state index contributed by atoms with van der Waals surface area (Å²) in [7, 11) is 0. The molecule has 0 aliphatic rings. The van der Waals surface area contributed by atoms with Crippen LogP contribution >= 0.6 is 11.6 Å². The van der Waals surface area contributed by atoms with Gasteiger partial charge in [-0.3, -0.25) is 4.79 Å². The first kappa shape index (κ1) is 17.0. The number of carbonyl (C=O) groups excluding carboxylic acids is 1. The second kappa shape index (κ2) is 8.32. The highest BCUT2D eigenvalue weighted by Crippen LogP contribution is 2.21. The van der Waals surface area contributed by atoms with Crippen molar-refractivity contribution in [2.45, 2.75) is 6.61 Å². The molecular formula is C22H17ClO2. The molecule has 2 nitrogen and oxygen atoms in total. The Balaban J connectivity index is 1.74. The topological polar surface area (TPSA) is 26.3 Å². The predicted octanol–water partition coefficient (Wildman–Crippen LogP) is 5.82. The van der Waals surface area contributed by atoms with Crippen LogP contribution in [0.4, 0.5) is 0 Å². The minimum atomic E-state index is -0.108. The second-order valence-corrected chi connectivity index (χ2v) is 5.96. The van der Waals surface area contributed by atoms with Crippen molar-refractivity contribution in [3.8, 4) is 5.75 Å². The maximum absolute atomic E-state index is 12.5. The molecule has 0 bridgehead atoms. The Kier molecular flexibility index (Phi) is 5.65. The summed E-state index contributed by atoms with van der Waals surface area (Å²) in [5.74, 6) is 0.468. The third-order valence-corrected chi connectivity index (χ3v) is 3.90. The molecular weight excluding hydrogens is 332 g/mol. The first-order valence-corrected chi connectivity index (χ1v) is 8.34. The maximum Gasteiger partial charge on any atom is 0.189 e. The number of rotatable bonds is 6. The van der Waals surface area contributed by atoms with E-state index in [2.05, 4.69) is 0 Å². The van der Waals surface area contributed by atoms with E-state index >= 15 is 0 Å². The molecule has 0 amide bonds. The number of hydrogen-bond donors (Lipinski definition) is 0. The molecule has 0 saturated heterocycles. The molecule has 0 aliphatic heterocycles. The van der Waals surface area contributed by atoms with Crippen molar-refractivity contribution in [2.75, 3.05) is 0 Å². The van der Waals surface area contributed by atoms with E-state index in [1.807, 2.05) is 66.7 Å². The molecule has 3 heteroatoms. The van der Waals surface area contributed by atoms with Crippen LogP contribution in [-0.2, 0) is 6.61 Å². The van der Waals surface area contributed by atoms with Crippen LogP contribution in [-0.4, -0.2) is 5.78 Å². The summed E-state index contributed by atoms with van der Waals surface area (Å²) < 4.78 is 5.84. The van der Waals surface area contributed by atoms with Crippen molar-refractivity contribution in [1.82, 2.24) is 0 Å². The van der Waals surface area contributed by atoms with E-state index in [1.54, 1.807) is 18.2 Å². The normalized spacial score (nSPS) is 10.8. The minimum Gasteiger partial charge on any atom is -0.488 e. The lowest BCUT2D eigenvalue weighted by Crippen LogP contribution is -2.02. The summed E-state index contributed by atoms with van der Waals surface area (Å²) >= 11 is 5.96. The zero-order chi connectivity index (χ0) is 17.5. The molecule has 0 aliphatic carbocycles. The molecule has 0 aromatic heterocycles. The fraction of sp³-hybridized carbons (Fsp3) is 0.0455. The average Bonchev–Trinajstić information content (AvgIpc) is 2.65. The van der Waals surface area contributed by atoms with Gasteiger partial charge in [-0.1, -0.05) is 72.3 Å². The molecule has 0 heterocycles. The van der Waals surface area contributed by atoms with Gasteiger partial charge in [-0.2, -0.15) is 0 Å². The number of allylic oxidation sites excluding steroid dienone is 1. The molecule has 25 heavy (non-hydrogen) atoms. The van der Waals surface area contributed by atoms with Crippen molar-refractivity contribution >= 4 is 23.5 Å². The number of hydrogen-bond acceptors (Lipinski definition) is 2. The number of ketones is 1. The van der Waals surface area contributed by atoms with Crippen LogP contribution in [0.1, 0.15) is 21.5 Å². The third kappa shape index (κ3) is 4.82.